The van der Waals surface area contributed by atoms with E-state index in [1.54, 1.807) is 10.9 Å². The Balaban J connectivity index is 1.83. The Kier molecular flexibility index (Phi) is 4.11. The van der Waals surface area contributed by atoms with Crippen molar-refractivity contribution in [3.8, 4) is 5.75 Å². The fraction of sp³-hybridized carbons (Fsp3) is 0.400. The first-order valence-corrected chi connectivity index (χ1v) is 8.88. The normalized spacial score (nSPS) is 21.5. The van der Waals surface area contributed by atoms with Crippen LogP contribution in [0.4, 0.5) is 4.39 Å². The third-order valence-corrected chi connectivity index (χ3v) is 5.11. The monoisotopic (exact) mass is 339 g/mol. The van der Waals surface area contributed by atoms with Gasteiger partial charge in [-0.25, -0.2) is 17.9 Å². The van der Waals surface area contributed by atoms with Gasteiger partial charge in [0.2, 0.25) is 10.0 Å². The van der Waals surface area contributed by atoms with Gasteiger partial charge in [0.05, 0.1) is 4.90 Å². The van der Waals surface area contributed by atoms with Gasteiger partial charge in [0.1, 0.15) is 6.10 Å². The van der Waals surface area contributed by atoms with Crippen LogP contribution >= 0.6 is 0 Å². The summed E-state index contributed by atoms with van der Waals surface area (Å²) in [5.74, 6) is -0.552. The van der Waals surface area contributed by atoms with Crippen LogP contribution in [0.3, 0.4) is 0 Å². The van der Waals surface area contributed by atoms with Crippen LogP contribution < -0.4 is 9.88 Å². The SMILES string of the molecule is Cn1nccc1[C@H]1CCC[C@@H]1Oc1ccc(S(N)(=O)=O)cc1F. The molecule has 1 saturated carbocycles. The largest absolute Gasteiger partial charge is 0.487 e. The van der Waals surface area contributed by atoms with E-state index in [-0.39, 0.29) is 22.7 Å². The number of sulfonamides is 1. The number of primary sulfonamides is 1. The summed E-state index contributed by atoms with van der Waals surface area (Å²) < 4.78 is 44.2. The summed E-state index contributed by atoms with van der Waals surface area (Å²) in [7, 11) is -2.06. The van der Waals surface area contributed by atoms with Gasteiger partial charge in [0, 0.05) is 24.9 Å². The van der Waals surface area contributed by atoms with Gasteiger partial charge in [0.25, 0.3) is 0 Å². The number of hydrogen-bond acceptors (Lipinski definition) is 4. The molecule has 3 rings (SSSR count). The molecule has 0 unspecified atom stereocenters. The molecule has 2 atom stereocenters. The Morgan fingerprint density at radius 1 is 1.35 bits per heavy atom. The summed E-state index contributed by atoms with van der Waals surface area (Å²) in [6, 6.07) is 5.39. The van der Waals surface area contributed by atoms with Gasteiger partial charge >= 0.3 is 0 Å². The molecule has 1 aliphatic carbocycles. The van der Waals surface area contributed by atoms with Crippen LogP contribution in [0.15, 0.2) is 35.4 Å². The van der Waals surface area contributed by atoms with Gasteiger partial charge in [-0.2, -0.15) is 5.10 Å². The van der Waals surface area contributed by atoms with E-state index >= 15 is 0 Å². The van der Waals surface area contributed by atoms with E-state index < -0.39 is 15.8 Å². The van der Waals surface area contributed by atoms with Crippen LogP contribution in [0.5, 0.6) is 5.75 Å². The summed E-state index contributed by atoms with van der Waals surface area (Å²) in [6.45, 7) is 0. The van der Waals surface area contributed by atoms with Gasteiger partial charge in [0.15, 0.2) is 11.6 Å². The number of halogens is 1. The van der Waals surface area contributed by atoms with Crippen LogP contribution in [-0.4, -0.2) is 24.3 Å². The fourth-order valence-electron chi connectivity index (χ4n) is 3.07. The van der Waals surface area contributed by atoms with E-state index in [1.807, 2.05) is 13.1 Å². The Hall–Kier alpha value is -1.93. The predicted octanol–water partition coefficient (Wildman–Crippen LogP) is 1.92. The summed E-state index contributed by atoms with van der Waals surface area (Å²) in [6.07, 6.45) is 4.30. The zero-order valence-corrected chi connectivity index (χ0v) is 13.5. The molecule has 0 aliphatic heterocycles. The summed E-state index contributed by atoms with van der Waals surface area (Å²) in [5, 5.41) is 9.16. The highest BCUT2D eigenvalue weighted by molar-refractivity contribution is 7.89. The van der Waals surface area contributed by atoms with Crippen molar-refractivity contribution in [2.45, 2.75) is 36.2 Å². The number of rotatable bonds is 4. The first-order valence-electron chi connectivity index (χ1n) is 7.33. The van der Waals surface area contributed by atoms with Crippen LogP contribution in [0.1, 0.15) is 30.9 Å². The van der Waals surface area contributed by atoms with Crippen LogP contribution in [0.2, 0.25) is 0 Å². The molecule has 2 aromatic rings. The molecular weight excluding hydrogens is 321 g/mol. The average Bonchev–Trinajstić information content (AvgIpc) is 3.08. The number of aromatic nitrogens is 2. The van der Waals surface area contributed by atoms with E-state index in [4.69, 9.17) is 9.88 Å². The molecule has 0 bridgehead atoms. The highest BCUT2D eigenvalue weighted by Gasteiger charge is 2.32. The first kappa shape index (κ1) is 15.9. The van der Waals surface area contributed by atoms with E-state index in [0.29, 0.717) is 0 Å². The maximum atomic E-state index is 14.1. The molecular formula is C15H18FN3O3S. The summed E-state index contributed by atoms with van der Waals surface area (Å²) in [4.78, 5) is -0.267. The van der Waals surface area contributed by atoms with Crippen LogP contribution in [-0.2, 0) is 17.1 Å². The van der Waals surface area contributed by atoms with Crippen molar-refractivity contribution >= 4 is 10.0 Å². The van der Waals surface area contributed by atoms with Crippen LogP contribution in [0.25, 0.3) is 0 Å². The zero-order valence-electron chi connectivity index (χ0n) is 12.6. The Morgan fingerprint density at radius 3 is 2.74 bits per heavy atom. The highest BCUT2D eigenvalue weighted by Crippen LogP contribution is 2.37. The van der Waals surface area contributed by atoms with Crippen molar-refractivity contribution in [2.24, 2.45) is 12.2 Å². The number of hydrogen-bond donors (Lipinski definition) is 1. The first-order chi connectivity index (χ1) is 10.9. The lowest BCUT2D eigenvalue weighted by atomic mass is 10.0. The number of ether oxygens (including phenoxy) is 1. The zero-order chi connectivity index (χ0) is 16.6. The lowest BCUT2D eigenvalue weighted by Gasteiger charge is -2.22. The second-order valence-electron chi connectivity index (χ2n) is 5.71. The van der Waals surface area contributed by atoms with Crippen molar-refractivity contribution in [1.82, 2.24) is 9.78 Å². The molecule has 1 fully saturated rings. The van der Waals surface area contributed by atoms with Crippen LogP contribution in [0, 0.1) is 5.82 Å². The average molecular weight is 339 g/mol. The second-order valence-corrected chi connectivity index (χ2v) is 7.27. The van der Waals surface area contributed by atoms with Crippen molar-refractivity contribution in [3.63, 3.8) is 0 Å². The molecule has 0 spiro atoms. The van der Waals surface area contributed by atoms with Crippen molar-refractivity contribution < 1.29 is 17.5 Å². The minimum absolute atomic E-state index is 0.0384. The molecule has 1 heterocycles. The van der Waals surface area contributed by atoms with Gasteiger partial charge in [-0.1, -0.05) is 0 Å². The molecule has 0 amide bonds. The quantitative estimate of drug-likeness (QED) is 0.922. The maximum Gasteiger partial charge on any atom is 0.238 e. The van der Waals surface area contributed by atoms with Gasteiger partial charge < -0.3 is 4.74 Å². The van der Waals surface area contributed by atoms with Crippen molar-refractivity contribution in [2.75, 3.05) is 0 Å². The third-order valence-electron chi connectivity index (χ3n) is 4.20. The summed E-state index contributed by atoms with van der Waals surface area (Å²) in [5.41, 5.74) is 1.05. The smallest absolute Gasteiger partial charge is 0.238 e. The van der Waals surface area contributed by atoms with Gasteiger partial charge in [-0.3, -0.25) is 4.68 Å². The maximum absolute atomic E-state index is 14.1. The molecule has 6 nitrogen and oxygen atoms in total. The summed E-state index contributed by atoms with van der Waals surface area (Å²) >= 11 is 0. The van der Waals surface area contributed by atoms with E-state index in [9.17, 15) is 12.8 Å². The van der Waals surface area contributed by atoms with Gasteiger partial charge in [-0.15, -0.1) is 0 Å². The minimum atomic E-state index is -3.93. The Labute approximate surface area is 134 Å². The number of nitrogens with zero attached hydrogens (tertiary/aromatic N) is 2. The standard InChI is InChI=1S/C15H18FN3O3S/c1-19-13(7-8-18-19)11-3-2-4-14(11)22-15-6-5-10(9-12(15)16)23(17,20)21/h5-9,11,14H,2-4H2,1H3,(H2,17,20,21)/t11-,14+/m1/s1. The Morgan fingerprint density at radius 2 is 2.13 bits per heavy atom. The molecule has 23 heavy (non-hydrogen) atoms. The van der Waals surface area contributed by atoms with Crippen molar-refractivity contribution in [3.05, 3.63) is 42.0 Å². The molecule has 124 valence electrons. The van der Waals surface area contributed by atoms with E-state index in [2.05, 4.69) is 5.10 Å². The van der Waals surface area contributed by atoms with E-state index in [1.165, 1.54) is 12.1 Å². The van der Waals surface area contributed by atoms with Gasteiger partial charge in [-0.05, 0) is 43.5 Å². The molecule has 1 aromatic carbocycles. The van der Waals surface area contributed by atoms with E-state index in [0.717, 1.165) is 31.0 Å². The molecule has 1 aliphatic rings. The molecule has 0 saturated heterocycles. The number of nitrogens with two attached hydrogens (primary N) is 1. The Bertz CT molecular complexity index is 819. The number of benzene rings is 1. The lowest BCUT2D eigenvalue weighted by Crippen LogP contribution is -2.22. The third kappa shape index (κ3) is 3.23. The molecule has 0 radical (unpaired) electrons. The highest BCUT2D eigenvalue weighted by atomic mass is 32.2. The molecule has 8 heteroatoms. The minimum Gasteiger partial charge on any atom is -0.487 e. The molecule has 2 N–H and O–H groups in total. The van der Waals surface area contributed by atoms with Crippen molar-refractivity contribution in [1.29, 1.82) is 0 Å². The lowest BCUT2D eigenvalue weighted by molar-refractivity contribution is 0.179. The number of aryl methyl sites for hydroxylation is 1. The topological polar surface area (TPSA) is 87.2 Å². The predicted molar refractivity (Wildman–Crippen MR) is 82.0 cm³/mol. The molecule has 1 aromatic heterocycles. The fourth-order valence-corrected chi connectivity index (χ4v) is 3.60. The second kappa shape index (κ2) is 5.93.